The van der Waals surface area contributed by atoms with E-state index in [-0.39, 0.29) is 10.8 Å². The molecule has 0 saturated carbocycles. The fraction of sp³-hybridized carbons (Fsp3) is 0.417. The largest absolute Gasteiger partial charge is 0.393 e. The Kier molecular flexibility index (Phi) is 5.23. The molecule has 1 heterocycles. The number of hydrogen-bond acceptors (Lipinski definition) is 3. The summed E-state index contributed by atoms with van der Waals surface area (Å²) in [6, 6.07) is 5.10. The first kappa shape index (κ1) is 16.4. The van der Waals surface area contributed by atoms with Gasteiger partial charge in [0.2, 0.25) is 10.0 Å². The molecule has 1 fully saturated rings. The summed E-state index contributed by atoms with van der Waals surface area (Å²) in [6.45, 7) is 0.858. The lowest BCUT2D eigenvalue weighted by Gasteiger charge is -2.31. The molecule has 0 aromatic heterocycles. The quantitative estimate of drug-likeness (QED) is 0.732. The first-order chi connectivity index (χ1) is 9.32. The Morgan fingerprint density at radius 3 is 2.75 bits per heavy atom. The van der Waals surface area contributed by atoms with Gasteiger partial charge in [0.1, 0.15) is 0 Å². The summed E-state index contributed by atoms with van der Waals surface area (Å²) in [4.78, 5) is 0.647. The van der Waals surface area contributed by atoms with Gasteiger partial charge in [-0.05, 0) is 47.0 Å². The van der Waals surface area contributed by atoms with Gasteiger partial charge in [-0.25, -0.2) is 8.42 Å². The van der Waals surface area contributed by atoms with Gasteiger partial charge < -0.3 is 5.73 Å². The topological polar surface area (TPSA) is 63.4 Å². The molecule has 0 spiro atoms. The third kappa shape index (κ3) is 3.41. The molecule has 2 N–H and O–H groups in total. The van der Waals surface area contributed by atoms with E-state index in [9.17, 15) is 8.42 Å². The zero-order chi connectivity index (χ0) is 14.9. The van der Waals surface area contributed by atoms with Crippen molar-refractivity contribution in [1.82, 2.24) is 4.31 Å². The highest BCUT2D eigenvalue weighted by Gasteiger charge is 2.32. The monoisotopic (exact) mass is 440 g/mol. The van der Waals surface area contributed by atoms with Crippen molar-refractivity contribution in [1.29, 1.82) is 0 Å². The molecule has 1 aromatic rings. The molecule has 0 amide bonds. The predicted molar refractivity (Wildman–Crippen MR) is 90.1 cm³/mol. The molecule has 1 saturated heterocycles. The van der Waals surface area contributed by atoms with Crippen molar-refractivity contribution >= 4 is 59.1 Å². The van der Waals surface area contributed by atoms with Gasteiger partial charge >= 0.3 is 0 Å². The average molecular weight is 442 g/mol. The van der Waals surface area contributed by atoms with Gasteiger partial charge in [-0.2, -0.15) is 4.31 Å². The molecule has 20 heavy (non-hydrogen) atoms. The van der Waals surface area contributed by atoms with E-state index >= 15 is 0 Å². The molecule has 1 aliphatic heterocycles. The molecular weight excluding hydrogens is 428 g/mol. The second-order valence-corrected chi connectivity index (χ2v) is 8.83. The second-order valence-electron chi connectivity index (χ2n) is 4.68. The van der Waals surface area contributed by atoms with E-state index in [4.69, 9.17) is 18.0 Å². The van der Waals surface area contributed by atoms with Gasteiger partial charge in [0, 0.05) is 28.0 Å². The third-order valence-electron chi connectivity index (χ3n) is 3.30. The van der Waals surface area contributed by atoms with E-state index in [1.54, 1.807) is 18.2 Å². The zero-order valence-electron chi connectivity index (χ0n) is 10.6. The molecule has 0 bridgehead atoms. The number of benzene rings is 1. The third-order valence-corrected chi connectivity index (χ3v) is 6.98. The van der Waals surface area contributed by atoms with Crippen LogP contribution in [-0.4, -0.2) is 30.8 Å². The maximum absolute atomic E-state index is 12.7. The smallest absolute Gasteiger partial charge is 0.244 e. The van der Waals surface area contributed by atoms with Crippen molar-refractivity contribution < 1.29 is 8.42 Å². The van der Waals surface area contributed by atoms with Gasteiger partial charge in [-0.1, -0.05) is 28.1 Å². The summed E-state index contributed by atoms with van der Waals surface area (Å²) < 4.78 is 28.2. The molecule has 0 aliphatic carbocycles. The molecule has 1 aliphatic rings. The highest BCUT2D eigenvalue weighted by molar-refractivity contribution is 9.11. The summed E-state index contributed by atoms with van der Waals surface area (Å²) >= 11 is 11.6. The van der Waals surface area contributed by atoms with Crippen molar-refractivity contribution in [2.75, 3.05) is 13.1 Å². The van der Waals surface area contributed by atoms with Crippen molar-refractivity contribution in [2.45, 2.75) is 17.7 Å². The van der Waals surface area contributed by atoms with Crippen LogP contribution < -0.4 is 5.73 Å². The Balaban J connectivity index is 2.35. The Morgan fingerprint density at radius 2 is 2.10 bits per heavy atom. The van der Waals surface area contributed by atoms with Crippen LogP contribution in [0, 0.1) is 5.92 Å². The van der Waals surface area contributed by atoms with Crippen LogP contribution in [0.3, 0.4) is 0 Å². The minimum Gasteiger partial charge on any atom is -0.393 e. The first-order valence-corrected chi connectivity index (χ1v) is 9.50. The number of piperidine rings is 1. The number of halogens is 2. The summed E-state index contributed by atoms with van der Waals surface area (Å²) in [5.74, 6) is -0.0422. The van der Waals surface area contributed by atoms with Gasteiger partial charge in [-0.15, -0.1) is 0 Å². The standard InChI is InChI=1S/C12H14Br2N2O2S2/c13-9-3-4-10(14)11(6-9)20(17,18)16-5-1-2-8(7-16)12(15)19/h3-4,6,8H,1-2,5,7H2,(H2,15,19). The fourth-order valence-corrected chi connectivity index (χ4v) is 5.39. The Labute approximate surface area is 141 Å². The van der Waals surface area contributed by atoms with E-state index in [0.29, 0.717) is 22.6 Å². The Hall–Kier alpha value is -0.0200. The van der Waals surface area contributed by atoms with E-state index < -0.39 is 10.0 Å². The number of thiocarbonyl (C=S) groups is 1. The maximum atomic E-state index is 12.7. The Morgan fingerprint density at radius 1 is 1.40 bits per heavy atom. The maximum Gasteiger partial charge on any atom is 0.244 e. The van der Waals surface area contributed by atoms with Crippen molar-refractivity contribution in [3.63, 3.8) is 0 Å². The SMILES string of the molecule is NC(=S)C1CCCN(S(=O)(=O)c2cc(Br)ccc2Br)C1. The van der Waals surface area contributed by atoms with E-state index in [0.717, 1.165) is 17.3 Å². The molecule has 0 radical (unpaired) electrons. The normalized spacial score (nSPS) is 20.8. The average Bonchev–Trinajstić information content (AvgIpc) is 2.41. The predicted octanol–water partition coefficient (Wildman–Crippen LogP) is 2.90. The van der Waals surface area contributed by atoms with Crippen LogP contribution in [0.25, 0.3) is 0 Å². The summed E-state index contributed by atoms with van der Waals surface area (Å²) in [5.41, 5.74) is 5.66. The van der Waals surface area contributed by atoms with Crippen LogP contribution in [0.4, 0.5) is 0 Å². The summed E-state index contributed by atoms with van der Waals surface area (Å²) in [6.07, 6.45) is 1.62. The molecule has 1 aromatic carbocycles. The van der Waals surface area contributed by atoms with Crippen molar-refractivity contribution in [3.8, 4) is 0 Å². The molecule has 1 atom stereocenters. The molecular formula is C12H14Br2N2O2S2. The second kappa shape index (κ2) is 6.39. The van der Waals surface area contributed by atoms with Crippen LogP contribution in [0.1, 0.15) is 12.8 Å². The van der Waals surface area contributed by atoms with Crippen LogP contribution >= 0.6 is 44.1 Å². The van der Waals surface area contributed by atoms with Gasteiger partial charge in [0.05, 0.1) is 9.88 Å². The molecule has 110 valence electrons. The van der Waals surface area contributed by atoms with Gasteiger partial charge in [0.15, 0.2) is 0 Å². The molecule has 1 unspecified atom stereocenters. The molecule has 4 nitrogen and oxygen atoms in total. The minimum atomic E-state index is -3.54. The first-order valence-electron chi connectivity index (χ1n) is 6.07. The van der Waals surface area contributed by atoms with E-state index in [2.05, 4.69) is 31.9 Å². The molecule has 8 heteroatoms. The minimum absolute atomic E-state index is 0.0422. The zero-order valence-corrected chi connectivity index (χ0v) is 15.4. The van der Waals surface area contributed by atoms with Crippen molar-refractivity contribution in [3.05, 3.63) is 27.1 Å². The van der Waals surface area contributed by atoms with Crippen LogP contribution in [0.5, 0.6) is 0 Å². The lowest BCUT2D eigenvalue weighted by atomic mass is 10.0. The number of hydrogen-bond donors (Lipinski definition) is 1. The highest BCUT2D eigenvalue weighted by atomic mass is 79.9. The highest BCUT2D eigenvalue weighted by Crippen LogP contribution is 2.30. The van der Waals surface area contributed by atoms with Crippen LogP contribution in [-0.2, 0) is 10.0 Å². The summed E-state index contributed by atoms with van der Waals surface area (Å²) in [7, 11) is -3.54. The van der Waals surface area contributed by atoms with Crippen LogP contribution in [0.2, 0.25) is 0 Å². The number of nitrogens with two attached hydrogens (primary N) is 1. The lowest BCUT2D eigenvalue weighted by Crippen LogP contribution is -2.43. The van der Waals surface area contributed by atoms with Gasteiger partial charge in [0.25, 0.3) is 0 Å². The fourth-order valence-electron chi connectivity index (χ4n) is 2.21. The number of sulfonamides is 1. The van der Waals surface area contributed by atoms with E-state index in [1.165, 1.54) is 4.31 Å². The number of nitrogens with zero attached hydrogens (tertiary/aromatic N) is 1. The van der Waals surface area contributed by atoms with Crippen molar-refractivity contribution in [2.24, 2.45) is 11.7 Å². The summed E-state index contributed by atoms with van der Waals surface area (Å²) in [5, 5.41) is 0. The van der Waals surface area contributed by atoms with Crippen LogP contribution in [0.15, 0.2) is 32.0 Å². The lowest BCUT2D eigenvalue weighted by molar-refractivity contribution is 0.312. The molecule has 2 rings (SSSR count). The van der Waals surface area contributed by atoms with E-state index in [1.807, 2.05) is 0 Å². The van der Waals surface area contributed by atoms with Gasteiger partial charge in [-0.3, -0.25) is 0 Å². The number of rotatable bonds is 3. The Bertz CT molecular complexity index is 634.